The highest BCUT2D eigenvalue weighted by Gasteiger charge is 2.29. The van der Waals surface area contributed by atoms with Crippen molar-refractivity contribution in [1.29, 1.82) is 0 Å². The van der Waals surface area contributed by atoms with Crippen LogP contribution in [0, 0.1) is 11.6 Å². The summed E-state index contributed by atoms with van der Waals surface area (Å²) in [6.45, 7) is -0.0687. The molecule has 0 unspecified atom stereocenters. The topological polar surface area (TPSA) is 81.0 Å². The predicted molar refractivity (Wildman–Crippen MR) is 96.1 cm³/mol. The van der Waals surface area contributed by atoms with Crippen molar-refractivity contribution < 1.29 is 28.2 Å². The molecule has 4 rings (SSSR count). The van der Waals surface area contributed by atoms with Gasteiger partial charge in [0.2, 0.25) is 6.79 Å². The predicted octanol–water partition coefficient (Wildman–Crippen LogP) is 2.53. The standard InChI is InChI=1S/C19H14F2N2O5/c1-22(11-4-3-9(20)7-10(11)21)18(25)15-16(24)14-12(23(2)19(15)26)5-6-13-17(14)28-8-27-13/h3-7,24H,8H2,1-2H3. The zero-order valence-electron chi connectivity index (χ0n) is 14.8. The second-order valence-electron chi connectivity index (χ2n) is 6.24. The molecule has 1 aromatic heterocycles. The van der Waals surface area contributed by atoms with Gasteiger partial charge >= 0.3 is 0 Å². The highest BCUT2D eigenvalue weighted by Crippen LogP contribution is 2.43. The van der Waals surface area contributed by atoms with Crippen LogP contribution in [0.2, 0.25) is 0 Å². The van der Waals surface area contributed by atoms with Crippen LogP contribution >= 0.6 is 0 Å². The van der Waals surface area contributed by atoms with Gasteiger partial charge in [0.25, 0.3) is 11.5 Å². The Morgan fingerprint density at radius 3 is 2.68 bits per heavy atom. The number of hydrogen-bond donors (Lipinski definition) is 1. The SMILES string of the molecule is CN(C(=O)c1c(O)c2c3c(ccc2n(C)c1=O)OCO3)c1ccc(F)cc1F. The number of carbonyl (C=O) groups is 1. The van der Waals surface area contributed by atoms with Gasteiger partial charge in [-0.2, -0.15) is 0 Å². The van der Waals surface area contributed by atoms with Crippen molar-refractivity contribution in [2.24, 2.45) is 7.05 Å². The van der Waals surface area contributed by atoms with Gasteiger partial charge in [0.15, 0.2) is 11.5 Å². The van der Waals surface area contributed by atoms with Crippen molar-refractivity contribution in [3.05, 3.63) is 57.9 Å². The Kier molecular flexibility index (Phi) is 3.95. The van der Waals surface area contributed by atoms with Crippen LogP contribution < -0.4 is 19.9 Å². The lowest BCUT2D eigenvalue weighted by molar-refractivity contribution is 0.0988. The number of aromatic nitrogens is 1. The van der Waals surface area contributed by atoms with Crippen LogP contribution in [0.4, 0.5) is 14.5 Å². The van der Waals surface area contributed by atoms with Gasteiger partial charge in [0, 0.05) is 20.2 Å². The lowest BCUT2D eigenvalue weighted by Crippen LogP contribution is -2.34. The fraction of sp³-hybridized carbons (Fsp3) is 0.158. The summed E-state index contributed by atoms with van der Waals surface area (Å²) in [5.74, 6) is -2.78. The molecule has 0 radical (unpaired) electrons. The van der Waals surface area contributed by atoms with Crippen LogP contribution in [0.3, 0.4) is 0 Å². The molecule has 0 saturated carbocycles. The van der Waals surface area contributed by atoms with E-state index in [9.17, 15) is 23.5 Å². The minimum atomic E-state index is -0.981. The van der Waals surface area contributed by atoms with Crippen LogP contribution in [0.25, 0.3) is 10.9 Å². The Bertz CT molecular complexity index is 1210. The number of benzene rings is 2. The Labute approximate surface area is 156 Å². The number of nitrogens with zero attached hydrogens (tertiary/aromatic N) is 2. The molecule has 7 nitrogen and oxygen atoms in total. The number of aromatic hydroxyl groups is 1. The largest absolute Gasteiger partial charge is 0.506 e. The van der Waals surface area contributed by atoms with Crippen molar-refractivity contribution >= 4 is 22.5 Å². The first-order valence-electron chi connectivity index (χ1n) is 8.18. The molecule has 2 heterocycles. The molecule has 0 saturated heterocycles. The molecule has 1 N–H and O–H groups in total. The highest BCUT2D eigenvalue weighted by molar-refractivity contribution is 6.11. The van der Waals surface area contributed by atoms with E-state index in [1.165, 1.54) is 18.7 Å². The number of hydrogen-bond acceptors (Lipinski definition) is 5. The fourth-order valence-corrected chi connectivity index (χ4v) is 3.20. The van der Waals surface area contributed by atoms with Crippen LogP contribution in [-0.4, -0.2) is 29.4 Å². The normalized spacial score (nSPS) is 12.4. The quantitative estimate of drug-likeness (QED) is 0.730. The van der Waals surface area contributed by atoms with Gasteiger partial charge in [-0.1, -0.05) is 0 Å². The first-order valence-corrected chi connectivity index (χ1v) is 8.18. The fourth-order valence-electron chi connectivity index (χ4n) is 3.20. The van der Waals surface area contributed by atoms with Crippen molar-refractivity contribution in [3.8, 4) is 17.2 Å². The Balaban J connectivity index is 1.93. The zero-order valence-corrected chi connectivity index (χ0v) is 14.8. The van der Waals surface area contributed by atoms with Gasteiger partial charge in [-0.15, -0.1) is 0 Å². The summed E-state index contributed by atoms with van der Waals surface area (Å²) in [4.78, 5) is 26.5. The first kappa shape index (κ1) is 17.8. The maximum atomic E-state index is 14.1. The smallest absolute Gasteiger partial charge is 0.267 e. The molecule has 144 valence electrons. The average molecular weight is 388 g/mol. The Morgan fingerprint density at radius 2 is 1.96 bits per heavy atom. The summed E-state index contributed by atoms with van der Waals surface area (Å²) in [5, 5.41) is 10.9. The van der Waals surface area contributed by atoms with Gasteiger partial charge in [-0.05, 0) is 24.3 Å². The van der Waals surface area contributed by atoms with Crippen LogP contribution in [0.15, 0.2) is 35.1 Å². The first-order chi connectivity index (χ1) is 13.3. The minimum Gasteiger partial charge on any atom is -0.506 e. The molecule has 0 bridgehead atoms. The van der Waals surface area contributed by atoms with E-state index in [1.807, 2.05) is 0 Å². The van der Waals surface area contributed by atoms with Crippen molar-refractivity contribution in [2.45, 2.75) is 0 Å². The molecule has 9 heteroatoms. The minimum absolute atomic E-state index is 0.0687. The molecule has 2 aromatic carbocycles. The molecule has 1 aliphatic heterocycles. The summed E-state index contributed by atoms with van der Waals surface area (Å²) in [7, 11) is 2.65. The van der Waals surface area contributed by atoms with Crippen LogP contribution in [0.1, 0.15) is 10.4 Å². The summed E-state index contributed by atoms with van der Waals surface area (Å²) < 4.78 is 39.1. The van der Waals surface area contributed by atoms with Crippen molar-refractivity contribution in [2.75, 3.05) is 18.7 Å². The number of aryl methyl sites for hydroxylation is 1. The third-order valence-electron chi connectivity index (χ3n) is 4.66. The van der Waals surface area contributed by atoms with E-state index in [0.29, 0.717) is 17.3 Å². The number of pyridine rings is 1. The molecule has 0 spiro atoms. The Hall–Kier alpha value is -3.62. The zero-order chi connectivity index (χ0) is 20.2. The molecule has 0 aliphatic carbocycles. The molecule has 28 heavy (non-hydrogen) atoms. The van der Waals surface area contributed by atoms with E-state index >= 15 is 0 Å². The van der Waals surface area contributed by atoms with Crippen LogP contribution in [0.5, 0.6) is 17.2 Å². The second-order valence-corrected chi connectivity index (χ2v) is 6.24. The Morgan fingerprint density at radius 1 is 1.21 bits per heavy atom. The number of anilines is 1. The summed E-state index contributed by atoms with van der Waals surface area (Å²) in [6, 6.07) is 5.82. The lowest BCUT2D eigenvalue weighted by Gasteiger charge is -2.20. The van der Waals surface area contributed by atoms with Gasteiger partial charge in [0.05, 0.1) is 16.6 Å². The number of ether oxygens (including phenoxy) is 2. The highest BCUT2D eigenvalue weighted by atomic mass is 19.1. The van der Waals surface area contributed by atoms with Crippen molar-refractivity contribution in [1.82, 2.24) is 4.57 Å². The molecular formula is C19H14F2N2O5. The summed E-state index contributed by atoms with van der Waals surface area (Å²) in [5.41, 5.74) is -1.25. The molecule has 0 fully saturated rings. The lowest BCUT2D eigenvalue weighted by atomic mass is 10.1. The third kappa shape index (κ3) is 2.47. The molecule has 3 aromatic rings. The number of halogens is 2. The van der Waals surface area contributed by atoms with E-state index in [-0.39, 0.29) is 23.6 Å². The van der Waals surface area contributed by atoms with E-state index in [4.69, 9.17) is 9.47 Å². The summed E-state index contributed by atoms with van der Waals surface area (Å²) in [6.07, 6.45) is 0. The maximum absolute atomic E-state index is 14.1. The molecule has 1 amide bonds. The van der Waals surface area contributed by atoms with Crippen molar-refractivity contribution in [3.63, 3.8) is 0 Å². The third-order valence-corrected chi connectivity index (χ3v) is 4.66. The second kappa shape index (κ2) is 6.22. The molecular weight excluding hydrogens is 374 g/mol. The number of rotatable bonds is 2. The number of fused-ring (bicyclic) bond motifs is 3. The number of amides is 1. The average Bonchev–Trinajstić information content (AvgIpc) is 3.14. The monoisotopic (exact) mass is 388 g/mol. The van der Waals surface area contributed by atoms with E-state index < -0.39 is 34.4 Å². The van der Waals surface area contributed by atoms with Gasteiger partial charge in [-0.25, -0.2) is 8.78 Å². The molecule has 0 atom stereocenters. The van der Waals surface area contributed by atoms with E-state index in [2.05, 4.69) is 0 Å². The number of carbonyl (C=O) groups excluding carboxylic acids is 1. The maximum Gasteiger partial charge on any atom is 0.267 e. The van der Waals surface area contributed by atoms with Gasteiger partial charge < -0.3 is 24.0 Å². The van der Waals surface area contributed by atoms with Gasteiger partial charge in [-0.3, -0.25) is 9.59 Å². The van der Waals surface area contributed by atoms with E-state index in [1.54, 1.807) is 12.1 Å². The van der Waals surface area contributed by atoms with Crippen LogP contribution in [-0.2, 0) is 7.05 Å². The molecule has 1 aliphatic rings. The van der Waals surface area contributed by atoms with Gasteiger partial charge in [0.1, 0.15) is 22.9 Å². The van der Waals surface area contributed by atoms with E-state index in [0.717, 1.165) is 17.0 Å². The summed E-state index contributed by atoms with van der Waals surface area (Å²) >= 11 is 0.